The van der Waals surface area contributed by atoms with Gasteiger partial charge in [-0.15, -0.1) is 0 Å². The van der Waals surface area contributed by atoms with Gasteiger partial charge < -0.3 is 9.47 Å². The summed E-state index contributed by atoms with van der Waals surface area (Å²) < 4.78 is 13.2. The zero-order valence-electron chi connectivity index (χ0n) is 22.7. The van der Waals surface area contributed by atoms with E-state index in [0.29, 0.717) is 23.7 Å². The van der Waals surface area contributed by atoms with Crippen molar-refractivity contribution < 1.29 is 14.3 Å². The highest BCUT2D eigenvalue weighted by Crippen LogP contribution is 2.68. The van der Waals surface area contributed by atoms with E-state index in [9.17, 15) is 4.79 Å². The lowest BCUT2D eigenvalue weighted by Crippen LogP contribution is -2.56. The maximum atomic E-state index is 13.8. The van der Waals surface area contributed by atoms with Gasteiger partial charge in [0.2, 0.25) is 0 Å². The van der Waals surface area contributed by atoms with E-state index < -0.39 is 0 Å². The number of nitrogens with zero attached hydrogens (tertiary/aromatic N) is 2. The van der Waals surface area contributed by atoms with Crippen LogP contribution in [-0.2, 0) is 16.1 Å². The summed E-state index contributed by atoms with van der Waals surface area (Å²) in [7, 11) is 3.60. The van der Waals surface area contributed by atoms with Gasteiger partial charge in [-0.05, 0) is 110 Å². The highest BCUT2D eigenvalue weighted by Gasteiger charge is 2.62. The summed E-state index contributed by atoms with van der Waals surface area (Å²) in [5.74, 6) is 5.27. The van der Waals surface area contributed by atoms with Gasteiger partial charge in [0, 0.05) is 18.4 Å². The number of rotatable bonds is 6. The number of Topliss-reactive ketones (excluding diaryl/α,β-unsaturated/α-hetero) is 1. The van der Waals surface area contributed by atoms with Crippen molar-refractivity contribution in [2.75, 3.05) is 20.8 Å². The van der Waals surface area contributed by atoms with E-state index in [1.54, 1.807) is 7.11 Å². The minimum Gasteiger partial charge on any atom is -0.497 e. The smallest absolute Gasteiger partial charge is 0.157 e. The second-order valence-electron chi connectivity index (χ2n) is 13.1. The average molecular weight is 493 g/mol. The van der Waals surface area contributed by atoms with E-state index in [4.69, 9.17) is 9.47 Å². The number of methoxy groups -OCH3 is 2. The Balaban J connectivity index is 1.22. The Bertz CT molecular complexity index is 1130. The molecule has 2 aromatic rings. The number of ketones is 1. The average Bonchev–Trinajstić information content (AvgIpc) is 3.44. The van der Waals surface area contributed by atoms with Gasteiger partial charge in [0.1, 0.15) is 12.3 Å². The molecule has 4 fully saturated rings. The lowest BCUT2D eigenvalue weighted by molar-refractivity contribution is -0.154. The van der Waals surface area contributed by atoms with Gasteiger partial charge in [0.05, 0.1) is 25.4 Å². The fourth-order valence-corrected chi connectivity index (χ4v) is 9.92. The van der Waals surface area contributed by atoms with Crippen LogP contribution in [0.1, 0.15) is 71.6 Å². The van der Waals surface area contributed by atoms with E-state index in [1.165, 1.54) is 51.4 Å². The molecule has 0 amide bonds. The molecule has 4 aliphatic carbocycles. The van der Waals surface area contributed by atoms with Gasteiger partial charge in [0.25, 0.3) is 0 Å². The number of hydrogen-bond acceptors (Lipinski definition) is 4. The van der Waals surface area contributed by atoms with Gasteiger partial charge in [-0.2, -0.15) is 5.10 Å². The van der Waals surface area contributed by atoms with Crippen molar-refractivity contribution in [1.29, 1.82) is 0 Å². The predicted octanol–water partition coefficient (Wildman–Crippen LogP) is 6.54. The van der Waals surface area contributed by atoms with Crippen LogP contribution in [0.2, 0.25) is 0 Å². The van der Waals surface area contributed by atoms with Crippen LogP contribution in [0, 0.1) is 46.3 Å². The molecule has 0 spiro atoms. The lowest BCUT2D eigenvalue weighted by atomic mass is 9.44. The first-order chi connectivity index (χ1) is 17.4. The van der Waals surface area contributed by atoms with Crippen molar-refractivity contribution in [1.82, 2.24) is 9.78 Å². The van der Waals surface area contributed by atoms with Gasteiger partial charge in [-0.1, -0.05) is 20.3 Å². The zero-order chi connectivity index (χ0) is 25.1. The Hall–Kier alpha value is -1.88. The standard InChI is InChI=1S/C31H44N2O3/c1-20-11-14-31(19-35-3)22(15-20)5-7-24-25-8-9-27(30(25,2)13-12-26(24)31)29(34)18-33-28-10-6-23(36-4)16-21(28)17-32-33/h6,10,16-17,20,22,24-27H,5,7-9,11-15,18-19H2,1-4H3. The normalized spacial score (nSPS) is 39.9. The van der Waals surface area contributed by atoms with Crippen molar-refractivity contribution in [2.45, 2.75) is 78.2 Å². The van der Waals surface area contributed by atoms with Gasteiger partial charge in [-0.25, -0.2) is 0 Å². The summed E-state index contributed by atoms with van der Waals surface area (Å²) in [6.07, 6.45) is 13.4. The number of ether oxygens (including phenoxy) is 2. The SMILES string of the molecule is COCC12CCC(C)CC1CCC1C3CCC(C(=O)Cn4ncc5cc(OC)ccc54)C3(C)CCC12. The van der Waals surface area contributed by atoms with Crippen LogP contribution in [0.5, 0.6) is 5.75 Å². The summed E-state index contributed by atoms with van der Waals surface area (Å²) in [4.78, 5) is 13.8. The molecule has 4 saturated carbocycles. The van der Waals surface area contributed by atoms with Crippen LogP contribution in [0.4, 0.5) is 0 Å². The Morgan fingerprint density at radius 3 is 2.75 bits per heavy atom. The van der Waals surface area contributed by atoms with Gasteiger partial charge in [0.15, 0.2) is 5.78 Å². The Labute approximate surface area is 216 Å². The molecular formula is C31H44N2O3. The largest absolute Gasteiger partial charge is 0.497 e. The van der Waals surface area contributed by atoms with Crippen LogP contribution < -0.4 is 4.74 Å². The Morgan fingerprint density at radius 2 is 1.94 bits per heavy atom. The maximum absolute atomic E-state index is 13.8. The number of carbonyl (C=O) groups excluding carboxylic acids is 1. The number of hydrogen-bond donors (Lipinski definition) is 0. The van der Waals surface area contributed by atoms with Crippen molar-refractivity contribution >= 4 is 16.7 Å². The van der Waals surface area contributed by atoms with Crippen molar-refractivity contribution in [3.63, 3.8) is 0 Å². The quantitative estimate of drug-likeness (QED) is 0.460. The molecule has 36 heavy (non-hydrogen) atoms. The molecule has 5 nitrogen and oxygen atoms in total. The second-order valence-corrected chi connectivity index (χ2v) is 13.1. The van der Waals surface area contributed by atoms with Crippen molar-refractivity contribution in [3.05, 3.63) is 24.4 Å². The summed E-state index contributed by atoms with van der Waals surface area (Å²) in [5.41, 5.74) is 1.52. The van der Waals surface area contributed by atoms with E-state index in [-0.39, 0.29) is 11.3 Å². The van der Waals surface area contributed by atoms with E-state index in [2.05, 4.69) is 18.9 Å². The third kappa shape index (κ3) is 3.67. The van der Waals surface area contributed by atoms with E-state index in [0.717, 1.165) is 53.4 Å². The molecule has 4 aliphatic rings. The van der Waals surface area contributed by atoms with Crippen LogP contribution in [0.25, 0.3) is 10.9 Å². The molecule has 8 atom stereocenters. The second kappa shape index (κ2) is 9.15. The molecule has 0 aliphatic heterocycles. The maximum Gasteiger partial charge on any atom is 0.157 e. The first kappa shape index (κ1) is 24.5. The summed E-state index contributed by atoms with van der Waals surface area (Å²) >= 11 is 0. The van der Waals surface area contributed by atoms with Crippen LogP contribution in [-0.4, -0.2) is 36.4 Å². The summed E-state index contributed by atoms with van der Waals surface area (Å²) in [6, 6.07) is 5.98. The first-order valence-electron chi connectivity index (χ1n) is 14.4. The predicted molar refractivity (Wildman–Crippen MR) is 142 cm³/mol. The monoisotopic (exact) mass is 492 g/mol. The highest BCUT2D eigenvalue weighted by atomic mass is 16.5. The van der Waals surface area contributed by atoms with Crippen LogP contribution in [0.3, 0.4) is 0 Å². The highest BCUT2D eigenvalue weighted by molar-refractivity contribution is 5.85. The minimum atomic E-state index is 0.132. The molecule has 196 valence electrons. The molecule has 8 unspecified atom stereocenters. The summed E-state index contributed by atoms with van der Waals surface area (Å²) in [5, 5.41) is 5.61. The summed E-state index contributed by atoms with van der Waals surface area (Å²) in [6.45, 7) is 6.24. The molecule has 5 heteroatoms. The molecule has 0 radical (unpaired) electrons. The molecule has 1 heterocycles. The number of aromatic nitrogens is 2. The number of fused-ring (bicyclic) bond motifs is 6. The number of carbonyl (C=O) groups is 1. The molecule has 6 rings (SSSR count). The van der Waals surface area contributed by atoms with Crippen LogP contribution >= 0.6 is 0 Å². The third-order valence-corrected chi connectivity index (χ3v) is 11.6. The number of benzene rings is 1. The molecular weight excluding hydrogens is 448 g/mol. The molecule has 1 aromatic carbocycles. The minimum absolute atomic E-state index is 0.132. The van der Waals surface area contributed by atoms with E-state index in [1.807, 2.05) is 36.2 Å². The molecule has 0 bridgehead atoms. The fourth-order valence-electron chi connectivity index (χ4n) is 9.92. The molecule has 0 saturated heterocycles. The molecule has 1 aromatic heterocycles. The zero-order valence-corrected chi connectivity index (χ0v) is 22.7. The van der Waals surface area contributed by atoms with Gasteiger partial charge >= 0.3 is 0 Å². The van der Waals surface area contributed by atoms with Gasteiger partial charge in [-0.3, -0.25) is 9.48 Å². The van der Waals surface area contributed by atoms with Crippen LogP contribution in [0.15, 0.2) is 24.4 Å². The third-order valence-electron chi connectivity index (χ3n) is 11.6. The van der Waals surface area contributed by atoms with Crippen molar-refractivity contribution in [2.24, 2.45) is 46.3 Å². The molecule has 0 N–H and O–H groups in total. The Kier molecular flexibility index (Phi) is 6.21. The topological polar surface area (TPSA) is 53.4 Å². The lowest BCUT2D eigenvalue weighted by Gasteiger charge is -2.61. The Morgan fingerprint density at radius 1 is 1.08 bits per heavy atom. The first-order valence-corrected chi connectivity index (χ1v) is 14.4. The van der Waals surface area contributed by atoms with Crippen molar-refractivity contribution in [3.8, 4) is 5.75 Å². The van der Waals surface area contributed by atoms with E-state index >= 15 is 0 Å². The fraction of sp³-hybridized carbons (Fsp3) is 0.742.